The van der Waals surface area contributed by atoms with Crippen molar-refractivity contribution in [2.45, 2.75) is 32.5 Å². The van der Waals surface area contributed by atoms with E-state index in [0.717, 1.165) is 19.6 Å². The molecule has 0 fully saturated rings. The summed E-state index contributed by atoms with van der Waals surface area (Å²) in [5.74, 6) is 3.31. The highest BCUT2D eigenvalue weighted by Gasteiger charge is 2.08. The number of hydrogen-bond acceptors (Lipinski definition) is 2. The molecule has 1 aliphatic rings. The monoisotopic (exact) mass is 350 g/mol. The van der Waals surface area contributed by atoms with Crippen LogP contribution in [-0.4, -0.2) is 38.1 Å². The van der Waals surface area contributed by atoms with E-state index in [1.807, 2.05) is 0 Å². The molecule has 0 amide bonds. The van der Waals surface area contributed by atoms with Crippen LogP contribution in [-0.2, 0) is 0 Å². The van der Waals surface area contributed by atoms with Crippen molar-refractivity contribution in [3.8, 4) is 11.5 Å². The molecule has 0 N–H and O–H groups in total. The van der Waals surface area contributed by atoms with E-state index in [1.165, 1.54) is 6.42 Å². The first-order valence-electron chi connectivity index (χ1n) is 5.60. The first-order chi connectivity index (χ1) is 6.97. The zero-order valence-corrected chi connectivity index (χ0v) is 14.1. The number of halogens is 1. The van der Waals surface area contributed by atoms with Gasteiger partial charge in [-0.1, -0.05) is 19.6 Å². The van der Waals surface area contributed by atoms with Gasteiger partial charge in [-0.3, -0.25) is 0 Å². The van der Waals surface area contributed by atoms with E-state index in [0.29, 0.717) is 0 Å². The van der Waals surface area contributed by atoms with Gasteiger partial charge in [0.2, 0.25) is 0 Å². The van der Waals surface area contributed by atoms with Crippen LogP contribution in [0.5, 0.6) is 0 Å². The Morgan fingerprint density at radius 1 is 1.25 bits per heavy atom. The van der Waals surface area contributed by atoms with Gasteiger partial charge < -0.3 is 9.80 Å². The van der Waals surface area contributed by atoms with E-state index < -0.39 is 8.07 Å². The van der Waals surface area contributed by atoms with E-state index >= 15 is 0 Å². The van der Waals surface area contributed by atoms with Gasteiger partial charge in [-0.05, 0) is 6.42 Å². The smallest absolute Gasteiger partial charge is 0.129 e. The van der Waals surface area contributed by atoms with Gasteiger partial charge in [-0.15, -0.1) is 35.4 Å². The normalized spacial score (nSPS) is 14.5. The van der Waals surface area contributed by atoms with Gasteiger partial charge in [-0.2, -0.15) is 0 Å². The maximum atomic E-state index is 3.40. The molecule has 2 nitrogen and oxygen atoms in total. The molecule has 4 heteroatoms. The third kappa shape index (κ3) is 7.18. The summed E-state index contributed by atoms with van der Waals surface area (Å²) in [6.45, 7) is 9.02. The molecule has 0 bridgehead atoms. The highest BCUT2D eigenvalue weighted by atomic mass is 127. The second-order valence-electron chi connectivity index (χ2n) is 5.16. The molecule has 1 rings (SSSR count). The van der Waals surface area contributed by atoms with Crippen LogP contribution in [0.4, 0.5) is 0 Å². The molecule has 0 aliphatic carbocycles. The molecule has 0 saturated carbocycles. The SMILES string of the molecule is CN1C=CN(CCCC#C[Si](C)(C)C)C1.I. The van der Waals surface area contributed by atoms with Crippen molar-refractivity contribution < 1.29 is 0 Å². The molecule has 92 valence electrons. The third-order valence-corrected chi connectivity index (χ3v) is 3.07. The zero-order chi connectivity index (χ0) is 11.3. The van der Waals surface area contributed by atoms with Gasteiger partial charge in [0.15, 0.2) is 0 Å². The Labute approximate surface area is 118 Å². The predicted octanol–water partition coefficient (Wildman–Crippen LogP) is 2.94. The first kappa shape index (κ1) is 15.8. The Morgan fingerprint density at radius 2 is 1.94 bits per heavy atom. The van der Waals surface area contributed by atoms with E-state index in [1.54, 1.807) is 0 Å². The van der Waals surface area contributed by atoms with Crippen molar-refractivity contribution in [3.63, 3.8) is 0 Å². The van der Waals surface area contributed by atoms with Crippen LogP contribution in [0.2, 0.25) is 19.6 Å². The lowest BCUT2D eigenvalue weighted by molar-refractivity contribution is 0.295. The Balaban J connectivity index is 0.00000225. The Hall–Kier alpha value is -0.153. The van der Waals surface area contributed by atoms with Crippen molar-refractivity contribution in [3.05, 3.63) is 12.4 Å². The summed E-state index contributed by atoms with van der Waals surface area (Å²) < 4.78 is 0. The lowest BCUT2D eigenvalue weighted by Crippen LogP contribution is -2.23. The van der Waals surface area contributed by atoms with Gasteiger partial charge in [-0.25, -0.2) is 0 Å². The molecule has 0 unspecified atom stereocenters. The van der Waals surface area contributed by atoms with Crippen LogP contribution in [0.3, 0.4) is 0 Å². The molecule has 0 saturated heterocycles. The minimum Gasteiger partial charge on any atom is -0.362 e. The topological polar surface area (TPSA) is 6.48 Å². The van der Waals surface area contributed by atoms with Crippen molar-refractivity contribution in [2.24, 2.45) is 0 Å². The van der Waals surface area contributed by atoms with E-state index in [4.69, 9.17) is 0 Å². The van der Waals surface area contributed by atoms with Crippen LogP contribution in [0.1, 0.15) is 12.8 Å². The van der Waals surface area contributed by atoms with Crippen molar-refractivity contribution in [1.29, 1.82) is 0 Å². The van der Waals surface area contributed by atoms with Crippen LogP contribution in [0.25, 0.3) is 0 Å². The summed E-state index contributed by atoms with van der Waals surface area (Å²) in [4.78, 5) is 4.52. The highest BCUT2D eigenvalue weighted by Crippen LogP contribution is 2.05. The van der Waals surface area contributed by atoms with Gasteiger partial charge >= 0.3 is 0 Å². The second kappa shape index (κ2) is 7.23. The summed E-state index contributed by atoms with van der Waals surface area (Å²) in [6, 6.07) is 0. The van der Waals surface area contributed by atoms with Gasteiger partial charge in [0, 0.05) is 32.4 Å². The molecule has 0 aromatic heterocycles. The fourth-order valence-corrected chi connectivity index (χ4v) is 2.09. The maximum absolute atomic E-state index is 3.40. The van der Waals surface area contributed by atoms with Crippen LogP contribution in [0, 0.1) is 11.5 Å². The van der Waals surface area contributed by atoms with Gasteiger partial charge in [0.25, 0.3) is 0 Å². The Kier molecular flexibility index (Phi) is 7.16. The molecule has 1 heterocycles. The Morgan fingerprint density at radius 3 is 2.44 bits per heavy atom. The van der Waals surface area contributed by atoms with Crippen molar-refractivity contribution in [2.75, 3.05) is 20.3 Å². The average molecular weight is 350 g/mol. The van der Waals surface area contributed by atoms with Crippen LogP contribution in [0.15, 0.2) is 12.4 Å². The fourth-order valence-electron chi connectivity index (χ4n) is 1.43. The lowest BCUT2D eigenvalue weighted by atomic mass is 10.3. The number of hydrogen-bond donors (Lipinski definition) is 0. The number of rotatable bonds is 3. The van der Waals surface area contributed by atoms with Gasteiger partial charge in [0.1, 0.15) is 8.07 Å². The minimum atomic E-state index is -1.15. The summed E-state index contributed by atoms with van der Waals surface area (Å²) in [5, 5.41) is 0. The van der Waals surface area contributed by atoms with Crippen LogP contribution >= 0.6 is 24.0 Å². The first-order valence-corrected chi connectivity index (χ1v) is 9.10. The third-order valence-electron chi connectivity index (χ3n) is 2.15. The molecule has 0 aromatic rings. The molecule has 0 spiro atoms. The van der Waals surface area contributed by atoms with Crippen LogP contribution < -0.4 is 0 Å². The number of nitrogens with zero attached hydrogens (tertiary/aromatic N) is 2. The minimum absolute atomic E-state index is 0. The van der Waals surface area contributed by atoms with E-state index in [-0.39, 0.29) is 24.0 Å². The summed E-state index contributed by atoms with van der Waals surface area (Å²) in [6.07, 6.45) is 6.49. The van der Waals surface area contributed by atoms with Crippen molar-refractivity contribution >= 4 is 32.1 Å². The molecule has 1 aliphatic heterocycles. The Bertz CT molecular complexity index is 286. The number of unbranched alkanes of at least 4 members (excludes halogenated alkanes) is 1. The quantitative estimate of drug-likeness (QED) is 0.334. The second-order valence-corrected chi connectivity index (χ2v) is 9.91. The van der Waals surface area contributed by atoms with Gasteiger partial charge in [0.05, 0.1) is 6.67 Å². The summed E-state index contributed by atoms with van der Waals surface area (Å²) in [7, 11) is 0.952. The molecule has 16 heavy (non-hydrogen) atoms. The lowest BCUT2D eigenvalue weighted by Gasteiger charge is -2.17. The molecular formula is C12H23IN2Si. The average Bonchev–Trinajstić information content (AvgIpc) is 2.49. The van der Waals surface area contributed by atoms with E-state index in [2.05, 4.69) is 60.4 Å². The standard InChI is InChI=1S/C12H22N2Si.HI/c1-13-9-10-14(12-13)8-6-5-7-11-15(2,3)4;/h9-10H,5-6,8,12H2,1-4H3;1H. The molecule has 0 radical (unpaired) electrons. The molecule has 0 aromatic carbocycles. The molecule has 0 atom stereocenters. The summed E-state index contributed by atoms with van der Waals surface area (Å²) in [5.41, 5.74) is 3.40. The fraction of sp³-hybridized carbons (Fsp3) is 0.667. The van der Waals surface area contributed by atoms with E-state index in [9.17, 15) is 0 Å². The predicted molar refractivity (Wildman–Crippen MR) is 84.2 cm³/mol. The highest BCUT2D eigenvalue weighted by molar-refractivity contribution is 14.0. The molecular weight excluding hydrogens is 327 g/mol. The zero-order valence-electron chi connectivity index (χ0n) is 10.8. The summed E-state index contributed by atoms with van der Waals surface area (Å²) >= 11 is 0. The largest absolute Gasteiger partial charge is 0.362 e. The maximum Gasteiger partial charge on any atom is 0.129 e. The van der Waals surface area contributed by atoms with Crippen molar-refractivity contribution in [1.82, 2.24) is 9.80 Å².